The van der Waals surface area contributed by atoms with E-state index in [1.807, 2.05) is 20.8 Å². The molecule has 0 N–H and O–H groups in total. The molecule has 0 saturated carbocycles. The SMILES string of the molecule is CC1=CC2(C)C(=NN(C(=O)OC(C)(C)C)N3CCCC32)C(C)=C1. The molecule has 5 heteroatoms. The molecular formula is C18H27N3O2. The van der Waals surface area contributed by atoms with Crippen molar-refractivity contribution < 1.29 is 9.53 Å². The van der Waals surface area contributed by atoms with E-state index in [4.69, 9.17) is 9.84 Å². The second kappa shape index (κ2) is 5.20. The number of hydrogen-bond acceptors (Lipinski definition) is 4. The molecule has 1 saturated heterocycles. The number of hydrazine groups is 1. The normalized spacial score (nSPS) is 31.0. The van der Waals surface area contributed by atoms with Crippen molar-refractivity contribution in [2.45, 2.75) is 66.0 Å². The average molecular weight is 317 g/mol. The first-order valence-electron chi connectivity index (χ1n) is 8.39. The number of ether oxygens (including phenoxy) is 1. The van der Waals surface area contributed by atoms with Crippen LogP contribution in [0.5, 0.6) is 0 Å². The van der Waals surface area contributed by atoms with E-state index in [2.05, 4.69) is 37.9 Å². The van der Waals surface area contributed by atoms with Crippen LogP contribution in [0.15, 0.2) is 28.4 Å². The molecule has 0 aromatic carbocycles. The molecule has 0 aromatic heterocycles. The van der Waals surface area contributed by atoms with Crippen LogP contribution in [-0.4, -0.2) is 40.1 Å². The van der Waals surface area contributed by atoms with Crippen LogP contribution in [0.4, 0.5) is 4.79 Å². The zero-order valence-corrected chi connectivity index (χ0v) is 15.0. The van der Waals surface area contributed by atoms with Crippen LogP contribution >= 0.6 is 0 Å². The van der Waals surface area contributed by atoms with E-state index in [1.54, 1.807) is 0 Å². The van der Waals surface area contributed by atoms with Crippen molar-refractivity contribution >= 4 is 11.8 Å². The molecule has 0 radical (unpaired) electrons. The molecule has 23 heavy (non-hydrogen) atoms. The monoisotopic (exact) mass is 317 g/mol. The first-order chi connectivity index (χ1) is 10.6. The van der Waals surface area contributed by atoms with E-state index < -0.39 is 11.7 Å². The lowest BCUT2D eigenvalue weighted by Crippen LogP contribution is -2.59. The maximum Gasteiger partial charge on any atom is 0.446 e. The molecule has 2 heterocycles. The lowest BCUT2D eigenvalue weighted by molar-refractivity contribution is -0.0763. The van der Waals surface area contributed by atoms with Crippen LogP contribution in [-0.2, 0) is 4.74 Å². The molecule has 2 atom stereocenters. The van der Waals surface area contributed by atoms with Crippen LogP contribution < -0.4 is 0 Å². The largest absolute Gasteiger partial charge is 0.446 e. The van der Waals surface area contributed by atoms with Gasteiger partial charge in [-0.15, -0.1) is 5.12 Å². The summed E-state index contributed by atoms with van der Waals surface area (Å²) in [5.74, 6) is 0. The maximum absolute atomic E-state index is 12.6. The number of nitrogens with zero attached hydrogens (tertiary/aromatic N) is 3. The predicted molar refractivity (Wildman–Crippen MR) is 90.9 cm³/mol. The van der Waals surface area contributed by atoms with Gasteiger partial charge < -0.3 is 4.74 Å². The minimum absolute atomic E-state index is 0.141. The fourth-order valence-electron chi connectivity index (χ4n) is 4.05. The van der Waals surface area contributed by atoms with Gasteiger partial charge in [0.2, 0.25) is 0 Å². The van der Waals surface area contributed by atoms with E-state index >= 15 is 0 Å². The quantitative estimate of drug-likeness (QED) is 0.681. The summed E-state index contributed by atoms with van der Waals surface area (Å²) in [6.45, 7) is 12.9. The number of hydrogen-bond donors (Lipinski definition) is 0. The Morgan fingerprint density at radius 1 is 1.39 bits per heavy atom. The van der Waals surface area contributed by atoms with Gasteiger partial charge in [-0.05, 0) is 60.0 Å². The molecule has 0 aromatic rings. The Balaban J connectivity index is 2.03. The molecule has 1 aliphatic carbocycles. The smallest absolute Gasteiger partial charge is 0.441 e. The molecule has 126 valence electrons. The van der Waals surface area contributed by atoms with Crippen molar-refractivity contribution in [3.8, 4) is 0 Å². The topological polar surface area (TPSA) is 45.1 Å². The Morgan fingerprint density at radius 3 is 2.74 bits per heavy atom. The molecule has 0 spiro atoms. The molecule has 3 aliphatic rings. The van der Waals surface area contributed by atoms with Crippen LogP contribution in [0.1, 0.15) is 54.4 Å². The number of rotatable bonds is 0. The third kappa shape index (κ3) is 2.71. The summed E-state index contributed by atoms with van der Waals surface area (Å²) in [5, 5.41) is 8.25. The van der Waals surface area contributed by atoms with Crippen molar-refractivity contribution in [1.82, 2.24) is 10.1 Å². The molecule has 5 nitrogen and oxygen atoms in total. The van der Waals surface area contributed by atoms with Gasteiger partial charge in [0, 0.05) is 18.0 Å². The van der Waals surface area contributed by atoms with Crippen molar-refractivity contribution in [3.05, 3.63) is 23.3 Å². The first-order valence-corrected chi connectivity index (χ1v) is 8.39. The first kappa shape index (κ1) is 16.2. The fourth-order valence-corrected chi connectivity index (χ4v) is 4.05. The molecule has 3 rings (SSSR count). The number of carbonyl (C=O) groups excluding carboxylic acids is 1. The number of carbonyl (C=O) groups is 1. The molecule has 1 fully saturated rings. The third-order valence-electron chi connectivity index (χ3n) is 4.77. The third-order valence-corrected chi connectivity index (χ3v) is 4.77. The molecule has 1 amide bonds. The van der Waals surface area contributed by atoms with Crippen molar-refractivity contribution in [3.63, 3.8) is 0 Å². The minimum Gasteiger partial charge on any atom is -0.441 e. The van der Waals surface area contributed by atoms with E-state index in [0.29, 0.717) is 0 Å². The maximum atomic E-state index is 12.6. The van der Waals surface area contributed by atoms with Gasteiger partial charge in [-0.3, -0.25) is 0 Å². The number of amides is 1. The van der Waals surface area contributed by atoms with Gasteiger partial charge in [0.1, 0.15) is 5.60 Å². The van der Waals surface area contributed by atoms with Gasteiger partial charge in [-0.25, -0.2) is 4.79 Å². The highest BCUT2D eigenvalue weighted by Crippen LogP contribution is 2.45. The lowest BCUT2D eigenvalue weighted by Gasteiger charge is -2.48. The van der Waals surface area contributed by atoms with Crippen LogP contribution in [0.2, 0.25) is 0 Å². The van der Waals surface area contributed by atoms with Crippen molar-refractivity contribution in [2.75, 3.05) is 6.54 Å². The summed E-state index contributed by atoms with van der Waals surface area (Å²) in [6.07, 6.45) is 6.18. The predicted octanol–water partition coefficient (Wildman–Crippen LogP) is 3.89. The second-order valence-corrected chi connectivity index (χ2v) is 8.04. The zero-order valence-electron chi connectivity index (χ0n) is 15.0. The van der Waals surface area contributed by atoms with E-state index in [9.17, 15) is 4.79 Å². The van der Waals surface area contributed by atoms with Gasteiger partial charge in [-0.1, -0.05) is 17.7 Å². The highest BCUT2D eigenvalue weighted by molar-refractivity contribution is 6.07. The Hall–Kier alpha value is -1.62. The standard InChI is InChI=1S/C18H27N3O2/c1-12-10-13(2)15-18(6,11-12)14-8-7-9-20(14)21(19-15)16(22)23-17(3,4)5/h10-11,14H,7-9H2,1-6H3. The molecular weight excluding hydrogens is 290 g/mol. The average Bonchev–Trinajstić information content (AvgIpc) is 2.85. The summed E-state index contributed by atoms with van der Waals surface area (Å²) in [5.41, 5.74) is 2.71. The zero-order chi connectivity index (χ0) is 17.0. The van der Waals surface area contributed by atoms with Crippen LogP contribution in [0.25, 0.3) is 0 Å². The van der Waals surface area contributed by atoms with E-state index in [0.717, 1.165) is 30.7 Å². The van der Waals surface area contributed by atoms with Crippen molar-refractivity contribution in [1.29, 1.82) is 0 Å². The Kier molecular flexibility index (Phi) is 3.67. The summed E-state index contributed by atoms with van der Waals surface area (Å²) in [4.78, 5) is 12.6. The van der Waals surface area contributed by atoms with Gasteiger partial charge in [0.05, 0.1) is 5.71 Å². The summed E-state index contributed by atoms with van der Waals surface area (Å²) in [7, 11) is 0. The molecule has 0 bridgehead atoms. The summed E-state index contributed by atoms with van der Waals surface area (Å²) in [6, 6.07) is 0.251. The van der Waals surface area contributed by atoms with Crippen molar-refractivity contribution in [2.24, 2.45) is 10.5 Å². The Labute approximate surface area is 138 Å². The summed E-state index contributed by atoms with van der Waals surface area (Å²) < 4.78 is 5.56. The molecule has 2 unspecified atom stereocenters. The summed E-state index contributed by atoms with van der Waals surface area (Å²) >= 11 is 0. The Bertz CT molecular complexity index is 627. The highest BCUT2D eigenvalue weighted by Gasteiger charge is 2.51. The van der Waals surface area contributed by atoms with Gasteiger partial charge in [0.25, 0.3) is 0 Å². The lowest BCUT2D eigenvalue weighted by atomic mass is 9.70. The highest BCUT2D eigenvalue weighted by atomic mass is 16.6. The minimum atomic E-state index is -0.527. The number of allylic oxidation sites excluding steroid dienone is 3. The number of hydrazone groups is 1. The number of fused-ring (bicyclic) bond motifs is 3. The molecule has 2 aliphatic heterocycles. The van der Waals surface area contributed by atoms with Crippen LogP contribution in [0.3, 0.4) is 0 Å². The van der Waals surface area contributed by atoms with Crippen LogP contribution in [0, 0.1) is 5.41 Å². The van der Waals surface area contributed by atoms with Gasteiger partial charge >= 0.3 is 6.09 Å². The van der Waals surface area contributed by atoms with E-state index in [1.165, 1.54) is 10.7 Å². The second-order valence-electron chi connectivity index (χ2n) is 8.04. The van der Waals surface area contributed by atoms with Gasteiger partial charge in [-0.2, -0.15) is 10.1 Å². The van der Waals surface area contributed by atoms with Gasteiger partial charge in [0.15, 0.2) is 0 Å². The fraction of sp³-hybridized carbons (Fsp3) is 0.667. The Morgan fingerprint density at radius 2 is 2.09 bits per heavy atom. The van der Waals surface area contributed by atoms with E-state index in [-0.39, 0.29) is 11.5 Å².